The van der Waals surface area contributed by atoms with Crippen molar-refractivity contribution in [3.63, 3.8) is 0 Å². The number of benzene rings is 6. The molecule has 6 aromatic rings. The number of esters is 3. The first-order valence-corrected chi connectivity index (χ1v) is 22.0. The second kappa shape index (κ2) is 19.4. The van der Waals surface area contributed by atoms with Crippen LogP contribution in [-0.4, -0.2) is 67.1 Å². The van der Waals surface area contributed by atoms with E-state index in [1.807, 2.05) is 67.6 Å². The van der Waals surface area contributed by atoms with Crippen LogP contribution in [0.2, 0.25) is 0 Å². The SMILES string of the molecule is Cc1cc(C(C)(C)C)ccc1S[C@@H]1O[C@@H]([C@@H](COC(=O)OCC2c3ccccc3-c3ccccc32)OC(=O)c2ccccc2)[C@H](OC(=O)c2ccccc2)[C@H]1OC(=O)c1ccccc1. The van der Waals surface area contributed by atoms with E-state index in [0.717, 1.165) is 38.3 Å². The second-order valence-electron chi connectivity index (χ2n) is 16.7. The molecule has 0 saturated carbocycles. The van der Waals surface area contributed by atoms with Gasteiger partial charge in [0.25, 0.3) is 0 Å². The fraction of sp³-hybridized carbons (Fsp3) is 0.245. The number of ether oxygens (including phenoxy) is 6. The van der Waals surface area contributed by atoms with Crippen LogP contribution in [0.5, 0.6) is 0 Å². The third kappa shape index (κ3) is 9.91. The van der Waals surface area contributed by atoms with E-state index >= 15 is 0 Å². The molecular formula is C53H48O10S. The van der Waals surface area contributed by atoms with Gasteiger partial charge in [0.15, 0.2) is 18.3 Å². The van der Waals surface area contributed by atoms with Crippen molar-refractivity contribution >= 4 is 35.8 Å². The molecular weight excluding hydrogens is 829 g/mol. The number of thioether (sulfide) groups is 1. The first-order valence-electron chi connectivity index (χ1n) is 21.1. The molecule has 2 aliphatic rings. The lowest BCUT2D eigenvalue weighted by Gasteiger charge is -2.28. The van der Waals surface area contributed by atoms with Crippen LogP contribution < -0.4 is 0 Å². The lowest BCUT2D eigenvalue weighted by atomic mass is 9.86. The average molecular weight is 877 g/mol. The van der Waals surface area contributed by atoms with E-state index in [-0.39, 0.29) is 34.6 Å². The Morgan fingerprint density at radius 1 is 0.609 bits per heavy atom. The van der Waals surface area contributed by atoms with Gasteiger partial charge in [0.1, 0.15) is 24.8 Å². The highest BCUT2D eigenvalue weighted by Crippen LogP contribution is 2.45. The first-order chi connectivity index (χ1) is 30.9. The summed E-state index contributed by atoms with van der Waals surface area (Å²) in [6, 6.07) is 47.1. The summed E-state index contributed by atoms with van der Waals surface area (Å²) in [5.41, 5.74) is 5.85. The minimum Gasteiger partial charge on any atom is -0.452 e. The Labute approximate surface area is 376 Å². The van der Waals surface area contributed by atoms with E-state index in [4.69, 9.17) is 28.4 Å². The van der Waals surface area contributed by atoms with E-state index in [2.05, 4.69) is 26.8 Å². The predicted molar refractivity (Wildman–Crippen MR) is 242 cm³/mol. The number of aryl methyl sites for hydroxylation is 1. The van der Waals surface area contributed by atoms with Crippen LogP contribution >= 0.6 is 11.8 Å². The number of hydrogen-bond acceptors (Lipinski definition) is 11. The van der Waals surface area contributed by atoms with Gasteiger partial charge >= 0.3 is 24.1 Å². The van der Waals surface area contributed by atoms with Gasteiger partial charge in [-0.25, -0.2) is 19.2 Å². The highest BCUT2D eigenvalue weighted by molar-refractivity contribution is 7.99. The van der Waals surface area contributed by atoms with Gasteiger partial charge in [0, 0.05) is 10.8 Å². The lowest BCUT2D eigenvalue weighted by molar-refractivity contribution is -0.0928. The molecule has 326 valence electrons. The van der Waals surface area contributed by atoms with Crippen molar-refractivity contribution in [3.8, 4) is 11.1 Å². The quantitative estimate of drug-likeness (QED) is 0.0813. The molecule has 0 radical (unpaired) electrons. The van der Waals surface area contributed by atoms with Gasteiger partial charge < -0.3 is 28.4 Å². The highest BCUT2D eigenvalue weighted by Gasteiger charge is 2.54. The number of carbonyl (C=O) groups is 4. The first kappa shape index (κ1) is 43.9. The normalized spacial score (nSPS) is 18.2. The predicted octanol–water partition coefficient (Wildman–Crippen LogP) is 10.8. The monoisotopic (exact) mass is 876 g/mol. The van der Waals surface area contributed by atoms with Gasteiger partial charge in [-0.2, -0.15) is 0 Å². The molecule has 1 heterocycles. The second-order valence-corrected chi connectivity index (χ2v) is 17.8. The van der Waals surface area contributed by atoms with E-state index in [1.165, 1.54) is 11.8 Å². The van der Waals surface area contributed by atoms with Gasteiger partial charge in [-0.1, -0.05) is 148 Å². The molecule has 0 aromatic heterocycles. The van der Waals surface area contributed by atoms with E-state index in [0.29, 0.717) is 0 Å². The van der Waals surface area contributed by atoms with Crippen LogP contribution in [-0.2, 0) is 33.8 Å². The molecule has 6 aromatic carbocycles. The molecule has 10 nitrogen and oxygen atoms in total. The summed E-state index contributed by atoms with van der Waals surface area (Å²) >= 11 is 1.28. The zero-order valence-corrected chi connectivity index (χ0v) is 36.7. The summed E-state index contributed by atoms with van der Waals surface area (Å²) < 4.78 is 36.9. The maximum Gasteiger partial charge on any atom is 0.508 e. The van der Waals surface area contributed by atoms with Crippen LogP contribution in [0.4, 0.5) is 4.79 Å². The Bertz CT molecular complexity index is 2560. The standard InChI is InChI=1S/C53H48O10S/c1-33-30-37(53(2,3)4)28-29-44(33)64-51-47(62-50(56)36-22-12-7-13-23-36)46(61-49(55)35-20-10-6-11-21-35)45(63-51)43(60-48(54)34-18-8-5-9-19-34)32-59-52(57)58-31-42-40-26-16-14-24-38(40)39-25-15-17-27-41(39)42/h5-30,42-43,45-47,51H,31-32H2,1-4H3/t43-,45+,46+,47-,51+/m1/s1. The van der Waals surface area contributed by atoms with Gasteiger partial charge in [-0.05, 0) is 88.2 Å². The fourth-order valence-corrected chi connectivity index (χ4v) is 9.14. The van der Waals surface area contributed by atoms with Crippen LogP contribution in [0.3, 0.4) is 0 Å². The molecule has 0 unspecified atom stereocenters. The number of hydrogen-bond donors (Lipinski definition) is 0. The van der Waals surface area contributed by atoms with Crippen molar-refractivity contribution in [2.45, 2.75) is 73.8 Å². The number of rotatable bonds is 13. The molecule has 1 fully saturated rings. The maximum atomic E-state index is 14.0. The number of fused-ring (bicyclic) bond motifs is 3. The van der Waals surface area contributed by atoms with E-state index in [1.54, 1.807) is 91.0 Å². The van der Waals surface area contributed by atoms with Gasteiger partial charge in [0.05, 0.1) is 16.7 Å². The molecule has 5 atom stereocenters. The Kier molecular flexibility index (Phi) is 13.3. The summed E-state index contributed by atoms with van der Waals surface area (Å²) in [6.45, 7) is 7.80. The minimum absolute atomic E-state index is 0.0118. The Morgan fingerprint density at radius 2 is 1.11 bits per heavy atom. The maximum absolute atomic E-state index is 14.0. The largest absolute Gasteiger partial charge is 0.508 e. The average Bonchev–Trinajstić information content (AvgIpc) is 3.81. The molecule has 0 bridgehead atoms. The van der Waals surface area contributed by atoms with Gasteiger partial charge in [-0.15, -0.1) is 0 Å². The van der Waals surface area contributed by atoms with Crippen LogP contribution in [0.15, 0.2) is 163 Å². The molecule has 0 amide bonds. The summed E-state index contributed by atoms with van der Waals surface area (Å²) in [5, 5.41) is 0. The van der Waals surface area contributed by atoms with Crippen LogP contribution in [0.25, 0.3) is 11.1 Å². The van der Waals surface area contributed by atoms with Gasteiger partial charge in [0.2, 0.25) is 0 Å². The molecule has 1 saturated heterocycles. The Hall–Kier alpha value is -6.69. The molecule has 8 rings (SSSR count). The summed E-state index contributed by atoms with van der Waals surface area (Å²) in [6.07, 6.45) is -6.33. The minimum atomic E-state index is -1.39. The topological polar surface area (TPSA) is 124 Å². The number of carbonyl (C=O) groups excluding carboxylic acids is 4. The van der Waals surface area contributed by atoms with Crippen molar-refractivity contribution in [3.05, 3.63) is 197 Å². The molecule has 1 aliphatic carbocycles. The molecule has 0 N–H and O–H groups in total. The van der Waals surface area contributed by atoms with Crippen molar-refractivity contribution < 1.29 is 47.6 Å². The van der Waals surface area contributed by atoms with E-state index < -0.39 is 60.5 Å². The third-order valence-corrected chi connectivity index (χ3v) is 12.7. The van der Waals surface area contributed by atoms with Crippen LogP contribution in [0, 0.1) is 6.92 Å². The molecule has 64 heavy (non-hydrogen) atoms. The van der Waals surface area contributed by atoms with Crippen LogP contribution in [0.1, 0.15) is 80.0 Å². The molecule has 11 heteroatoms. The zero-order chi connectivity index (χ0) is 44.8. The van der Waals surface area contributed by atoms with Crippen molar-refractivity contribution in [2.75, 3.05) is 13.2 Å². The Morgan fingerprint density at radius 3 is 1.64 bits per heavy atom. The smallest absolute Gasteiger partial charge is 0.452 e. The third-order valence-electron chi connectivity index (χ3n) is 11.3. The van der Waals surface area contributed by atoms with Crippen molar-refractivity contribution in [2.24, 2.45) is 0 Å². The Balaban J connectivity index is 1.12. The van der Waals surface area contributed by atoms with Crippen molar-refractivity contribution in [1.82, 2.24) is 0 Å². The zero-order valence-electron chi connectivity index (χ0n) is 35.9. The summed E-state index contributed by atoms with van der Waals surface area (Å²) in [5.74, 6) is -2.40. The fourth-order valence-electron chi connectivity index (χ4n) is 7.97. The summed E-state index contributed by atoms with van der Waals surface area (Å²) in [4.78, 5) is 56.1. The highest BCUT2D eigenvalue weighted by atomic mass is 32.2. The van der Waals surface area contributed by atoms with E-state index in [9.17, 15) is 19.2 Å². The van der Waals surface area contributed by atoms with Crippen molar-refractivity contribution in [1.29, 1.82) is 0 Å². The summed E-state index contributed by atoms with van der Waals surface area (Å²) in [7, 11) is 0. The molecule has 1 aliphatic heterocycles. The lowest BCUT2D eigenvalue weighted by Crippen LogP contribution is -2.47. The molecule has 0 spiro atoms. The van der Waals surface area contributed by atoms with Gasteiger partial charge in [-0.3, -0.25) is 0 Å².